The second-order valence-electron chi connectivity index (χ2n) is 7.73. The first-order valence-electron chi connectivity index (χ1n) is 9.77. The topological polar surface area (TPSA) is 96.3 Å². The summed E-state index contributed by atoms with van der Waals surface area (Å²) in [6.45, 7) is 0. The Morgan fingerprint density at radius 1 is 0.967 bits per heavy atom. The Morgan fingerprint density at radius 3 is 2.43 bits per heavy atom. The van der Waals surface area contributed by atoms with Crippen LogP contribution in [-0.4, -0.2) is 41.6 Å². The highest BCUT2D eigenvalue weighted by atomic mass is 16.5. The number of aliphatic hydroxyl groups is 2. The van der Waals surface area contributed by atoms with Crippen molar-refractivity contribution in [2.24, 2.45) is 0 Å². The number of ketones is 2. The van der Waals surface area contributed by atoms with Gasteiger partial charge in [-0.15, -0.1) is 0 Å². The molecular weight excluding hydrogens is 386 g/mol. The lowest BCUT2D eigenvalue weighted by atomic mass is 9.80. The Labute approximate surface area is 173 Å². The zero-order valence-electron chi connectivity index (χ0n) is 16.6. The van der Waals surface area contributed by atoms with E-state index < -0.39 is 17.1 Å². The van der Waals surface area contributed by atoms with E-state index in [2.05, 4.69) is 0 Å². The van der Waals surface area contributed by atoms with E-state index in [1.807, 2.05) is 0 Å². The van der Waals surface area contributed by atoms with Crippen molar-refractivity contribution < 1.29 is 29.3 Å². The van der Waals surface area contributed by atoms with Gasteiger partial charge in [0.25, 0.3) is 0 Å². The minimum Gasteiger partial charge on any atom is -0.493 e. The number of carbonyl (C=O) groups excluding carboxylic acids is 2. The number of carbonyl (C=O) groups is 2. The van der Waals surface area contributed by atoms with Crippen molar-refractivity contribution in [1.29, 1.82) is 0 Å². The zero-order valence-corrected chi connectivity index (χ0v) is 16.6. The number of fused-ring (bicyclic) bond motifs is 4. The van der Waals surface area contributed by atoms with E-state index >= 15 is 0 Å². The van der Waals surface area contributed by atoms with E-state index in [-0.39, 0.29) is 28.9 Å². The molecule has 2 aromatic carbocycles. The molecule has 154 valence electrons. The van der Waals surface area contributed by atoms with Crippen LogP contribution in [0, 0.1) is 0 Å². The van der Waals surface area contributed by atoms with Crippen LogP contribution in [0.15, 0.2) is 53.7 Å². The molecule has 0 aromatic heterocycles. The predicted molar refractivity (Wildman–Crippen MR) is 108 cm³/mol. The molecule has 1 aliphatic heterocycles. The van der Waals surface area contributed by atoms with Crippen LogP contribution in [0.2, 0.25) is 0 Å². The van der Waals surface area contributed by atoms with Gasteiger partial charge >= 0.3 is 0 Å². The number of ether oxygens (including phenoxy) is 2. The third kappa shape index (κ3) is 2.01. The summed E-state index contributed by atoms with van der Waals surface area (Å²) in [6, 6.07) is 11.6. The fraction of sp³-hybridized carbons (Fsp3) is 0.304. The van der Waals surface area contributed by atoms with Crippen LogP contribution in [0.25, 0.3) is 0 Å². The molecule has 7 nitrogen and oxygen atoms in total. The average Bonchev–Trinajstić information content (AvgIpc) is 3.08. The Balaban J connectivity index is 1.82. The summed E-state index contributed by atoms with van der Waals surface area (Å²) < 4.78 is 10.7. The lowest BCUT2D eigenvalue weighted by Gasteiger charge is -2.40. The van der Waals surface area contributed by atoms with E-state index in [9.17, 15) is 19.8 Å². The number of anilines is 1. The van der Waals surface area contributed by atoms with Crippen LogP contribution in [0.3, 0.4) is 0 Å². The van der Waals surface area contributed by atoms with Gasteiger partial charge < -0.3 is 24.6 Å². The number of hydrogen-bond acceptors (Lipinski definition) is 7. The van der Waals surface area contributed by atoms with Crippen LogP contribution in [-0.2, 0) is 10.5 Å². The number of rotatable bonds is 3. The third-order valence-corrected chi connectivity index (χ3v) is 6.35. The second-order valence-corrected chi connectivity index (χ2v) is 7.73. The van der Waals surface area contributed by atoms with E-state index in [1.54, 1.807) is 42.5 Å². The SMILES string of the molecule is COc1ccc(N2C3=C(C(=O)CCC3)[C@]3(O)C(=O)c4ccccc4[C@]23O)cc1OC. The first-order valence-corrected chi connectivity index (χ1v) is 9.77. The number of nitrogens with zero attached hydrogens (tertiary/aromatic N) is 1. The highest BCUT2D eigenvalue weighted by Crippen LogP contribution is 2.60. The van der Waals surface area contributed by atoms with Crippen molar-refractivity contribution in [3.63, 3.8) is 0 Å². The summed E-state index contributed by atoms with van der Waals surface area (Å²) in [6.07, 6.45) is 1.25. The van der Waals surface area contributed by atoms with Crippen LogP contribution in [0.1, 0.15) is 35.2 Å². The van der Waals surface area contributed by atoms with Crippen LogP contribution < -0.4 is 14.4 Å². The molecule has 5 rings (SSSR count). The van der Waals surface area contributed by atoms with Crippen molar-refractivity contribution >= 4 is 17.3 Å². The van der Waals surface area contributed by atoms with Crippen molar-refractivity contribution in [2.45, 2.75) is 30.6 Å². The minimum atomic E-state index is -2.36. The van der Waals surface area contributed by atoms with Crippen LogP contribution in [0.4, 0.5) is 5.69 Å². The second kappa shape index (κ2) is 6.17. The third-order valence-electron chi connectivity index (χ3n) is 6.35. The summed E-state index contributed by atoms with van der Waals surface area (Å²) in [7, 11) is 3.02. The maximum atomic E-state index is 13.3. The standard InChI is InChI=1S/C23H21NO6/c1-29-18-11-10-13(12-19(18)30-2)24-16-8-5-9-17(25)20(16)22(27)21(26)14-6-3-4-7-15(14)23(22,24)28/h3-4,6-7,10-12,27-28H,5,8-9H2,1-2H3/t22-,23+/m0/s1. The van der Waals surface area contributed by atoms with Crippen LogP contribution in [0.5, 0.6) is 11.5 Å². The summed E-state index contributed by atoms with van der Waals surface area (Å²) >= 11 is 0. The predicted octanol–water partition coefficient (Wildman–Crippen LogP) is 2.30. The quantitative estimate of drug-likeness (QED) is 0.806. The molecule has 0 fully saturated rings. The Kier molecular flexibility index (Phi) is 3.87. The average molecular weight is 407 g/mol. The number of benzene rings is 2. The van der Waals surface area contributed by atoms with Crippen LogP contribution >= 0.6 is 0 Å². The summed E-state index contributed by atoms with van der Waals surface area (Å²) in [4.78, 5) is 27.8. The molecule has 7 heteroatoms. The minimum absolute atomic E-state index is 0.00719. The first-order chi connectivity index (χ1) is 14.4. The molecule has 0 radical (unpaired) electrons. The van der Waals surface area contributed by atoms with Crippen molar-refractivity contribution in [3.8, 4) is 11.5 Å². The maximum absolute atomic E-state index is 13.3. The van der Waals surface area contributed by atoms with Gasteiger partial charge in [0, 0.05) is 35.0 Å². The Hall–Kier alpha value is -3.16. The van der Waals surface area contributed by atoms with Gasteiger partial charge in [-0.3, -0.25) is 9.59 Å². The summed E-state index contributed by atoms with van der Waals surface area (Å²) in [5, 5.41) is 23.8. The molecule has 2 aromatic rings. The van der Waals surface area contributed by atoms with E-state index in [0.29, 0.717) is 35.7 Å². The first kappa shape index (κ1) is 18.8. The molecule has 0 spiro atoms. The monoisotopic (exact) mass is 407 g/mol. The molecule has 0 saturated carbocycles. The lowest BCUT2D eigenvalue weighted by molar-refractivity contribution is -0.123. The summed E-state index contributed by atoms with van der Waals surface area (Å²) in [5.74, 6) is -0.0527. The molecule has 2 N–H and O–H groups in total. The molecule has 0 unspecified atom stereocenters. The van der Waals surface area contributed by atoms with E-state index in [4.69, 9.17) is 9.47 Å². The number of methoxy groups -OCH3 is 2. The van der Waals surface area contributed by atoms with Crippen molar-refractivity contribution in [1.82, 2.24) is 0 Å². The van der Waals surface area contributed by atoms with Gasteiger partial charge in [-0.2, -0.15) is 0 Å². The fourth-order valence-corrected chi connectivity index (χ4v) is 5.07. The Morgan fingerprint density at radius 2 is 1.70 bits per heavy atom. The molecule has 3 aliphatic rings. The lowest BCUT2D eigenvalue weighted by Crippen LogP contribution is -2.58. The van der Waals surface area contributed by atoms with Crippen molar-refractivity contribution in [2.75, 3.05) is 19.1 Å². The smallest absolute Gasteiger partial charge is 0.211 e. The van der Waals surface area contributed by atoms with Gasteiger partial charge in [0.05, 0.1) is 19.8 Å². The normalized spacial score (nSPS) is 27.1. The molecular formula is C23H21NO6. The highest BCUT2D eigenvalue weighted by molar-refractivity contribution is 6.19. The summed E-state index contributed by atoms with van der Waals surface area (Å²) in [5.41, 5.74) is -3.08. The largest absolute Gasteiger partial charge is 0.493 e. The number of hydrogen-bond donors (Lipinski definition) is 2. The van der Waals surface area contributed by atoms with Crippen molar-refractivity contribution in [3.05, 3.63) is 64.9 Å². The number of Topliss-reactive ketones (excluding diaryl/α,β-unsaturated/α-hetero) is 2. The molecule has 1 heterocycles. The van der Waals surface area contributed by atoms with Gasteiger partial charge in [0.15, 0.2) is 17.3 Å². The van der Waals surface area contributed by atoms with E-state index in [0.717, 1.165) is 0 Å². The van der Waals surface area contributed by atoms with Gasteiger partial charge in [-0.1, -0.05) is 24.3 Å². The molecule has 0 bridgehead atoms. The fourth-order valence-electron chi connectivity index (χ4n) is 5.07. The van der Waals surface area contributed by atoms with Gasteiger partial charge in [-0.25, -0.2) is 0 Å². The van der Waals surface area contributed by atoms with E-state index in [1.165, 1.54) is 19.1 Å². The highest BCUT2D eigenvalue weighted by Gasteiger charge is 2.73. The molecule has 0 saturated heterocycles. The molecule has 30 heavy (non-hydrogen) atoms. The zero-order chi connectivity index (χ0) is 21.3. The maximum Gasteiger partial charge on any atom is 0.211 e. The van der Waals surface area contributed by atoms with Gasteiger partial charge in [-0.05, 0) is 25.0 Å². The molecule has 0 amide bonds. The molecule has 2 atom stereocenters. The Bertz CT molecular complexity index is 1140. The molecule has 2 aliphatic carbocycles. The van der Waals surface area contributed by atoms with Gasteiger partial charge in [0.1, 0.15) is 0 Å². The van der Waals surface area contributed by atoms with Gasteiger partial charge in [0.2, 0.25) is 17.1 Å². The number of allylic oxidation sites excluding steroid dienone is 1.